The van der Waals surface area contributed by atoms with Crippen LogP contribution in [0.4, 0.5) is 22.7 Å². The number of hydrogen-bond acceptors (Lipinski definition) is 6. The number of aliphatic imine (C=N–C) groups is 2. The lowest BCUT2D eigenvalue weighted by Crippen LogP contribution is -2.40. The molecule has 0 spiro atoms. The lowest BCUT2D eigenvalue weighted by atomic mass is 9.91. The molecule has 2 aromatic carbocycles. The Morgan fingerprint density at radius 1 is 1.00 bits per heavy atom. The van der Waals surface area contributed by atoms with Crippen molar-refractivity contribution in [2.24, 2.45) is 9.98 Å². The number of rotatable bonds is 4. The van der Waals surface area contributed by atoms with Crippen LogP contribution in [0.3, 0.4) is 0 Å². The van der Waals surface area contributed by atoms with Gasteiger partial charge in [0.05, 0.1) is 46.3 Å². The average Bonchev–Trinajstić information content (AvgIpc) is 2.90. The summed E-state index contributed by atoms with van der Waals surface area (Å²) in [5, 5.41) is 4.41. The Hall–Kier alpha value is -3.09. The molecule has 1 saturated heterocycles. The first-order valence-electron chi connectivity index (χ1n) is 12.0. The van der Waals surface area contributed by atoms with Gasteiger partial charge in [0.1, 0.15) is 0 Å². The van der Waals surface area contributed by atoms with Crippen molar-refractivity contribution in [2.45, 2.75) is 31.3 Å². The molecule has 6 rings (SSSR count). The molecule has 1 unspecified atom stereocenters. The summed E-state index contributed by atoms with van der Waals surface area (Å²) in [6.07, 6.45) is 8.91. The molecule has 3 aliphatic rings. The second kappa shape index (κ2) is 9.88. The maximum Gasteiger partial charge on any atom is 0.0874 e. The number of allylic oxidation sites excluding steroid dienone is 1. The number of thioether (sulfide) groups is 1. The molecule has 7 heteroatoms. The van der Waals surface area contributed by atoms with Crippen LogP contribution >= 0.6 is 23.4 Å². The minimum Gasteiger partial charge on any atom is -0.375 e. The van der Waals surface area contributed by atoms with E-state index in [0.29, 0.717) is 6.04 Å². The average molecular weight is 500 g/mol. The predicted molar refractivity (Wildman–Crippen MR) is 149 cm³/mol. The fraction of sp³-hybridized carbons (Fsp3) is 0.250. The fourth-order valence-corrected chi connectivity index (χ4v) is 6.05. The molecular formula is C28H26ClN5S. The highest BCUT2D eigenvalue weighted by Crippen LogP contribution is 2.43. The first kappa shape index (κ1) is 22.4. The third-order valence-electron chi connectivity index (χ3n) is 6.56. The van der Waals surface area contributed by atoms with Gasteiger partial charge in [-0.05, 0) is 79.0 Å². The standard InChI is InChI=1S/C28H26ClN5S/c29-19-7-9-22(10-8-19)34-27-6-2-1-5-23(27)33-26-16-24(32-21-4-3-13-30-18-21)25(17-28(26)34)31-20-11-14-35-15-12-20/h1-10,13,17-18,20,24,32H,11-12,14-16H2. The first-order valence-corrected chi connectivity index (χ1v) is 13.5. The van der Waals surface area contributed by atoms with Crippen molar-refractivity contribution in [1.82, 2.24) is 4.98 Å². The van der Waals surface area contributed by atoms with Gasteiger partial charge in [0.2, 0.25) is 0 Å². The summed E-state index contributed by atoms with van der Waals surface area (Å²) in [6, 6.07) is 20.7. The lowest BCUT2D eigenvalue weighted by molar-refractivity contribution is 0.624. The van der Waals surface area contributed by atoms with E-state index in [-0.39, 0.29) is 6.04 Å². The molecule has 0 radical (unpaired) electrons. The van der Waals surface area contributed by atoms with Crippen LogP contribution in [0.5, 0.6) is 0 Å². The third kappa shape index (κ3) is 4.73. The van der Waals surface area contributed by atoms with Crippen molar-refractivity contribution in [3.8, 4) is 0 Å². The quantitative estimate of drug-likeness (QED) is 0.417. The topological polar surface area (TPSA) is 52.9 Å². The van der Waals surface area contributed by atoms with Gasteiger partial charge in [-0.15, -0.1) is 0 Å². The summed E-state index contributed by atoms with van der Waals surface area (Å²) in [4.78, 5) is 17.0. The Morgan fingerprint density at radius 3 is 2.63 bits per heavy atom. The van der Waals surface area contributed by atoms with E-state index >= 15 is 0 Å². The number of benzene rings is 2. The Bertz CT molecular complexity index is 1300. The Morgan fingerprint density at radius 2 is 1.83 bits per heavy atom. The van der Waals surface area contributed by atoms with Crippen LogP contribution in [0.25, 0.3) is 0 Å². The SMILES string of the molecule is Clc1ccc(N2C3=CC(=NC4CCSCC4)C(Nc4cccnc4)CC3=Nc3ccccc32)cc1. The summed E-state index contributed by atoms with van der Waals surface area (Å²) < 4.78 is 0. The number of fused-ring (bicyclic) bond motifs is 2. The van der Waals surface area contributed by atoms with Crippen LogP contribution < -0.4 is 10.2 Å². The number of nitrogens with zero attached hydrogens (tertiary/aromatic N) is 4. The van der Waals surface area contributed by atoms with Gasteiger partial charge in [0.15, 0.2) is 0 Å². The van der Waals surface area contributed by atoms with Crippen LogP contribution in [0.1, 0.15) is 19.3 Å². The molecule has 1 fully saturated rings. The number of halogens is 1. The molecule has 0 bridgehead atoms. The van der Waals surface area contributed by atoms with E-state index in [2.05, 4.69) is 57.7 Å². The molecule has 1 N–H and O–H groups in total. The van der Waals surface area contributed by atoms with Crippen LogP contribution in [-0.2, 0) is 0 Å². The van der Waals surface area contributed by atoms with E-state index in [1.165, 1.54) is 11.5 Å². The van der Waals surface area contributed by atoms with Crippen molar-refractivity contribution in [1.29, 1.82) is 0 Å². The molecule has 3 aromatic rings. The maximum absolute atomic E-state index is 6.22. The smallest absolute Gasteiger partial charge is 0.0874 e. The second-order valence-electron chi connectivity index (χ2n) is 8.93. The van der Waals surface area contributed by atoms with Gasteiger partial charge in [-0.1, -0.05) is 23.7 Å². The number of anilines is 3. The van der Waals surface area contributed by atoms with Crippen molar-refractivity contribution in [3.05, 3.63) is 89.9 Å². The summed E-state index contributed by atoms with van der Waals surface area (Å²) in [6.45, 7) is 0. The van der Waals surface area contributed by atoms with E-state index in [1.54, 1.807) is 6.20 Å². The van der Waals surface area contributed by atoms with E-state index in [9.17, 15) is 0 Å². The summed E-state index contributed by atoms with van der Waals surface area (Å²) in [5.41, 5.74) is 7.31. The number of nitrogens with one attached hydrogen (secondary N) is 1. The van der Waals surface area contributed by atoms with E-state index in [1.807, 2.05) is 42.2 Å². The molecule has 1 aromatic heterocycles. The Balaban J connectivity index is 1.46. The predicted octanol–water partition coefficient (Wildman–Crippen LogP) is 7.06. The van der Waals surface area contributed by atoms with Gasteiger partial charge in [-0.2, -0.15) is 11.8 Å². The minimum atomic E-state index is 0.0357. The molecule has 0 amide bonds. The van der Waals surface area contributed by atoms with Gasteiger partial charge in [-0.25, -0.2) is 4.99 Å². The van der Waals surface area contributed by atoms with Crippen molar-refractivity contribution in [3.63, 3.8) is 0 Å². The lowest BCUT2D eigenvalue weighted by Gasteiger charge is -2.37. The summed E-state index contributed by atoms with van der Waals surface area (Å²) in [7, 11) is 0. The largest absolute Gasteiger partial charge is 0.375 e. The Kier molecular flexibility index (Phi) is 6.32. The van der Waals surface area contributed by atoms with Crippen molar-refractivity contribution in [2.75, 3.05) is 21.7 Å². The maximum atomic E-state index is 6.22. The molecule has 1 aliphatic carbocycles. The summed E-state index contributed by atoms with van der Waals surface area (Å²) >= 11 is 8.25. The highest BCUT2D eigenvalue weighted by molar-refractivity contribution is 7.99. The minimum absolute atomic E-state index is 0.0357. The number of hydrogen-bond donors (Lipinski definition) is 1. The van der Waals surface area contributed by atoms with Gasteiger partial charge in [-0.3, -0.25) is 9.98 Å². The zero-order valence-electron chi connectivity index (χ0n) is 19.3. The monoisotopic (exact) mass is 499 g/mol. The van der Waals surface area contributed by atoms with E-state index in [0.717, 1.165) is 64.2 Å². The van der Waals surface area contributed by atoms with Gasteiger partial charge < -0.3 is 10.2 Å². The normalized spacial score (nSPS) is 21.1. The van der Waals surface area contributed by atoms with Gasteiger partial charge >= 0.3 is 0 Å². The number of para-hydroxylation sites is 2. The molecule has 2 aliphatic heterocycles. The molecule has 1 atom stereocenters. The zero-order valence-corrected chi connectivity index (χ0v) is 20.8. The number of aromatic nitrogens is 1. The van der Waals surface area contributed by atoms with Crippen LogP contribution in [0.15, 0.2) is 94.8 Å². The first-order chi connectivity index (χ1) is 17.2. The van der Waals surface area contributed by atoms with E-state index in [4.69, 9.17) is 21.6 Å². The molecule has 5 nitrogen and oxygen atoms in total. The van der Waals surface area contributed by atoms with Crippen LogP contribution in [-0.4, -0.2) is 40.0 Å². The summed E-state index contributed by atoms with van der Waals surface area (Å²) in [5.74, 6) is 2.35. The van der Waals surface area contributed by atoms with E-state index < -0.39 is 0 Å². The second-order valence-corrected chi connectivity index (χ2v) is 10.6. The highest BCUT2D eigenvalue weighted by atomic mass is 35.5. The van der Waals surface area contributed by atoms with Crippen molar-refractivity contribution >= 4 is 57.5 Å². The van der Waals surface area contributed by atoms with Gasteiger partial charge in [0.25, 0.3) is 0 Å². The molecule has 0 saturated carbocycles. The zero-order chi connectivity index (χ0) is 23.6. The molecular weight excluding hydrogens is 474 g/mol. The van der Waals surface area contributed by atoms with Crippen LogP contribution in [0, 0.1) is 0 Å². The number of pyridine rings is 1. The molecule has 176 valence electrons. The Labute approximate surface area is 215 Å². The van der Waals surface area contributed by atoms with Crippen LogP contribution in [0.2, 0.25) is 5.02 Å². The fourth-order valence-electron chi connectivity index (χ4n) is 4.84. The highest BCUT2D eigenvalue weighted by Gasteiger charge is 2.34. The molecule has 3 heterocycles. The molecule has 35 heavy (non-hydrogen) atoms. The third-order valence-corrected chi connectivity index (χ3v) is 7.86. The van der Waals surface area contributed by atoms with Crippen molar-refractivity contribution < 1.29 is 0 Å². The van der Waals surface area contributed by atoms with Gasteiger partial charge in [0, 0.05) is 29.5 Å².